The second-order valence-electron chi connectivity index (χ2n) is 3.91. The third kappa shape index (κ3) is 3.31. The zero-order chi connectivity index (χ0) is 13.0. The SMILES string of the molecule is O=C(Cl)c1ncccc1CCc1cccc(Cl)c1. The molecule has 0 aliphatic heterocycles. The van der Waals surface area contributed by atoms with Crippen molar-refractivity contribution in [1.29, 1.82) is 0 Å². The molecular formula is C14H11Cl2NO. The average Bonchev–Trinajstić information content (AvgIpc) is 2.37. The summed E-state index contributed by atoms with van der Waals surface area (Å²) in [6.07, 6.45) is 3.07. The molecule has 0 saturated heterocycles. The monoisotopic (exact) mass is 279 g/mol. The number of aryl methyl sites for hydroxylation is 2. The van der Waals surface area contributed by atoms with Gasteiger partial charge in [0.25, 0.3) is 5.24 Å². The smallest absolute Gasteiger partial charge is 0.271 e. The molecule has 0 spiro atoms. The maximum atomic E-state index is 11.2. The van der Waals surface area contributed by atoms with Crippen molar-refractivity contribution in [3.63, 3.8) is 0 Å². The molecule has 0 aliphatic carbocycles. The van der Waals surface area contributed by atoms with Crippen molar-refractivity contribution in [2.75, 3.05) is 0 Å². The first-order valence-corrected chi connectivity index (χ1v) is 6.30. The van der Waals surface area contributed by atoms with E-state index in [1.165, 1.54) is 0 Å². The van der Waals surface area contributed by atoms with Crippen LogP contribution in [0.25, 0.3) is 0 Å². The first-order chi connectivity index (χ1) is 8.66. The van der Waals surface area contributed by atoms with Gasteiger partial charge in [0.15, 0.2) is 0 Å². The lowest BCUT2D eigenvalue weighted by Crippen LogP contribution is -2.02. The highest BCUT2D eigenvalue weighted by atomic mass is 35.5. The molecule has 2 rings (SSSR count). The molecule has 18 heavy (non-hydrogen) atoms. The number of halogens is 2. The summed E-state index contributed by atoms with van der Waals surface area (Å²) in [6, 6.07) is 11.3. The molecule has 92 valence electrons. The van der Waals surface area contributed by atoms with E-state index in [9.17, 15) is 4.79 Å². The number of benzene rings is 1. The van der Waals surface area contributed by atoms with E-state index in [0.717, 1.165) is 17.5 Å². The minimum absolute atomic E-state index is 0.334. The fourth-order valence-electron chi connectivity index (χ4n) is 1.79. The maximum Gasteiger partial charge on any atom is 0.271 e. The summed E-state index contributed by atoms with van der Waals surface area (Å²) in [4.78, 5) is 15.2. The molecule has 0 radical (unpaired) electrons. The topological polar surface area (TPSA) is 30.0 Å². The Labute approximate surface area is 116 Å². The highest BCUT2D eigenvalue weighted by Crippen LogP contribution is 2.15. The van der Waals surface area contributed by atoms with Crippen LogP contribution in [-0.4, -0.2) is 10.2 Å². The predicted octanol–water partition coefficient (Wildman–Crippen LogP) is 3.90. The van der Waals surface area contributed by atoms with Crippen LogP contribution in [0.5, 0.6) is 0 Å². The van der Waals surface area contributed by atoms with Crippen molar-refractivity contribution in [1.82, 2.24) is 4.98 Å². The lowest BCUT2D eigenvalue weighted by molar-refractivity contribution is 0.107. The van der Waals surface area contributed by atoms with Crippen LogP contribution in [0.4, 0.5) is 0 Å². The van der Waals surface area contributed by atoms with Gasteiger partial charge in [-0.25, -0.2) is 0 Å². The van der Waals surface area contributed by atoms with Gasteiger partial charge in [-0.2, -0.15) is 0 Å². The quantitative estimate of drug-likeness (QED) is 0.795. The molecule has 0 unspecified atom stereocenters. The van der Waals surface area contributed by atoms with Crippen LogP contribution in [0.15, 0.2) is 42.6 Å². The maximum absolute atomic E-state index is 11.2. The minimum Gasteiger partial charge on any atom is -0.274 e. The highest BCUT2D eigenvalue weighted by molar-refractivity contribution is 6.67. The second-order valence-corrected chi connectivity index (χ2v) is 4.69. The largest absolute Gasteiger partial charge is 0.274 e. The number of carbonyl (C=O) groups is 1. The molecule has 0 aliphatic rings. The Bertz CT molecular complexity index is 569. The van der Waals surface area contributed by atoms with E-state index >= 15 is 0 Å². The zero-order valence-corrected chi connectivity index (χ0v) is 11.1. The summed E-state index contributed by atoms with van der Waals surface area (Å²) in [5, 5.41) is 0.198. The third-order valence-electron chi connectivity index (χ3n) is 2.65. The van der Waals surface area contributed by atoms with E-state index in [-0.39, 0.29) is 0 Å². The highest BCUT2D eigenvalue weighted by Gasteiger charge is 2.09. The Morgan fingerprint density at radius 3 is 2.72 bits per heavy atom. The number of pyridine rings is 1. The van der Waals surface area contributed by atoms with Crippen molar-refractivity contribution < 1.29 is 4.79 Å². The van der Waals surface area contributed by atoms with Gasteiger partial charge in [-0.05, 0) is 53.8 Å². The summed E-state index contributed by atoms with van der Waals surface area (Å²) in [7, 11) is 0. The summed E-state index contributed by atoms with van der Waals surface area (Å²) in [6.45, 7) is 0. The Morgan fingerprint density at radius 1 is 1.17 bits per heavy atom. The van der Waals surface area contributed by atoms with Crippen LogP contribution in [0.1, 0.15) is 21.6 Å². The van der Waals surface area contributed by atoms with Gasteiger partial charge < -0.3 is 0 Å². The number of nitrogens with zero attached hydrogens (tertiary/aromatic N) is 1. The lowest BCUT2D eigenvalue weighted by atomic mass is 10.0. The molecular weight excluding hydrogens is 269 g/mol. The van der Waals surface area contributed by atoms with E-state index in [4.69, 9.17) is 23.2 Å². The Hall–Kier alpha value is -1.38. The molecule has 1 heterocycles. The fraction of sp³-hybridized carbons (Fsp3) is 0.143. The van der Waals surface area contributed by atoms with Crippen LogP contribution in [-0.2, 0) is 12.8 Å². The first-order valence-electron chi connectivity index (χ1n) is 5.55. The molecule has 0 N–H and O–H groups in total. The van der Waals surface area contributed by atoms with Crippen LogP contribution in [0.2, 0.25) is 5.02 Å². The van der Waals surface area contributed by atoms with Crippen molar-refractivity contribution in [2.24, 2.45) is 0 Å². The summed E-state index contributed by atoms with van der Waals surface area (Å²) < 4.78 is 0. The average molecular weight is 280 g/mol. The van der Waals surface area contributed by atoms with Gasteiger partial charge in [-0.1, -0.05) is 29.8 Å². The third-order valence-corrected chi connectivity index (χ3v) is 3.06. The van der Waals surface area contributed by atoms with Crippen molar-refractivity contribution in [2.45, 2.75) is 12.8 Å². The normalized spacial score (nSPS) is 10.3. The zero-order valence-electron chi connectivity index (χ0n) is 9.57. The van der Waals surface area contributed by atoms with Gasteiger partial charge in [0.1, 0.15) is 5.69 Å². The van der Waals surface area contributed by atoms with E-state index in [1.807, 2.05) is 30.3 Å². The van der Waals surface area contributed by atoms with E-state index in [1.54, 1.807) is 12.3 Å². The molecule has 0 atom stereocenters. The Balaban J connectivity index is 2.13. The van der Waals surface area contributed by atoms with E-state index < -0.39 is 5.24 Å². The van der Waals surface area contributed by atoms with Crippen LogP contribution in [0.3, 0.4) is 0 Å². The Kier molecular flexibility index (Phi) is 4.34. The lowest BCUT2D eigenvalue weighted by Gasteiger charge is -2.05. The molecule has 0 bridgehead atoms. The van der Waals surface area contributed by atoms with Crippen molar-refractivity contribution >= 4 is 28.4 Å². The minimum atomic E-state index is -0.517. The van der Waals surface area contributed by atoms with Gasteiger partial charge in [0, 0.05) is 11.2 Å². The van der Waals surface area contributed by atoms with Crippen LogP contribution in [0, 0.1) is 0 Å². The van der Waals surface area contributed by atoms with Crippen molar-refractivity contribution in [3.8, 4) is 0 Å². The predicted molar refractivity (Wildman–Crippen MR) is 73.3 cm³/mol. The van der Waals surface area contributed by atoms with Gasteiger partial charge >= 0.3 is 0 Å². The van der Waals surface area contributed by atoms with Gasteiger partial charge in [0.2, 0.25) is 0 Å². The molecule has 0 saturated carbocycles. The van der Waals surface area contributed by atoms with Crippen molar-refractivity contribution in [3.05, 3.63) is 64.4 Å². The summed E-state index contributed by atoms with van der Waals surface area (Å²) in [5.74, 6) is 0. The number of rotatable bonds is 4. The fourth-order valence-corrected chi connectivity index (χ4v) is 2.17. The van der Waals surface area contributed by atoms with Gasteiger partial charge in [-0.15, -0.1) is 0 Å². The van der Waals surface area contributed by atoms with Crippen LogP contribution < -0.4 is 0 Å². The molecule has 2 aromatic rings. The van der Waals surface area contributed by atoms with E-state index in [0.29, 0.717) is 17.1 Å². The standard InChI is InChI=1S/C14H11Cl2NO/c15-12-5-1-3-10(9-12)6-7-11-4-2-8-17-13(11)14(16)18/h1-5,8-9H,6-7H2. The number of hydrogen-bond acceptors (Lipinski definition) is 2. The van der Waals surface area contributed by atoms with Gasteiger partial charge in [-0.3, -0.25) is 9.78 Å². The molecule has 1 aromatic heterocycles. The second kappa shape index (κ2) is 5.98. The Morgan fingerprint density at radius 2 is 2.00 bits per heavy atom. The van der Waals surface area contributed by atoms with Crippen LogP contribution >= 0.6 is 23.2 Å². The summed E-state index contributed by atoms with van der Waals surface area (Å²) >= 11 is 11.4. The molecule has 0 amide bonds. The first kappa shape index (κ1) is 13.1. The number of hydrogen-bond donors (Lipinski definition) is 0. The summed E-state index contributed by atoms with van der Waals surface area (Å²) in [5.41, 5.74) is 2.32. The molecule has 1 aromatic carbocycles. The van der Waals surface area contributed by atoms with E-state index in [2.05, 4.69) is 4.98 Å². The van der Waals surface area contributed by atoms with Gasteiger partial charge in [0.05, 0.1) is 0 Å². The molecule has 0 fully saturated rings. The number of aromatic nitrogens is 1. The number of carbonyl (C=O) groups excluding carboxylic acids is 1. The molecule has 4 heteroatoms. The molecule has 2 nitrogen and oxygen atoms in total.